The molecule has 136 valence electrons. The van der Waals surface area contributed by atoms with Gasteiger partial charge in [-0.25, -0.2) is 0 Å². The third-order valence-electron chi connectivity index (χ3n) is 5.15. The van der Waals surface area contributed by atoms with E-state index < -0.39 is 0 Å². The number of nitrogens with one attached hydrogen (secondary N) is 1. The van der Waals surface area contributed by atoms with Crippen molar-refractivity contribution in [2.75, 3.05) is 26.7 Å². The second-order valence-corrected chi connectivity index (χ2v) is 6.82. The van der Waals surface area contributed by atoms with E-state index in [0.29, 0.717) is 6.04 Å². The quantitative estimate of drug-likeness (QED) is 0.832. The van der Waals surface area contributed by atoms with E-state index in [9.17, 15) is 0 Å². The zero-order valence-corrected chi connectivity index (χ0v) is 15.5. The van der Waals surface area contributed by atoms with E-state index >= 15 is 0 Å². The SMILES string of the molecule is COc1ccc(C(CNCc2c(C)noc2C)N2CCCCC2)cc1. The van der Waals surface area contributed by atoms with Crippen molar-refractivity contribution >= 4 is 0 Å². The summed E-state index contributed by atoms with van der Waals surface area (Å²) in [6.07, 6.45) is 3.92. The molecule has 1 aliphatic heterocycles. The molecule has 0 spiro atoms. The van der Waals surface area contributed by atoms with Gasteiger partial charge in [0, 0.05) is 24.7 Å². The summed E-state index contributed by atoms with van der Waals surface area (Å²) in [5, 5.41) is 7.66. The molecule has 1 aliphatic rings. The van der Waals surface area contributed by atoms with Gasteiger partial charge < -0.3 is 14.6 Å². The Hall–Kier alpha value is -1.85. The van der Waals surface area contributed by atoms with Crippen LogP contribution in [0.25, 0.3) is 0 Å². The lowest BCUT2D eigenvalue weighted by Gasteiger charge is -2.35. The highest BCUT2D eigenvalue weighted by Gasteiger charge is 2.22. The van der Waals surface area contributed by atoms with Gasteiger partial charge in [-0.2, -0.15) is 0 Å². The average molecular weight is 343 g/mol. The Morgan fingerprint density at radius 1 is 1.16 bits per heavy atom. The molecule has 1 aromatic carbocycles. The number of aromatic nitrogens is 1. The van der Waals surface area contributed by atoms with Crippen LogP contribution in [-0.4, -0.2) is 36.8 Å². The van der Waals surface area contributed by atoms with Gasteiger partial charge in [0.05, 0.1) is 12.8 Å². The number of hydrogen-bond donors (Lipinski definition) is 1. The van der Waals surface area contributed by atoms with E-state index in [-0.39, 0.29) is 0 Å². The van der Waals surface area contributed by atoms with Crippen LogP contribution in [0.3, 0.4) is 0 Å². The minimum Gasteiger partial charge on any atom is -0.497 e. The number of rotatable bonds is 7. The van der Waals surface area contributed by atoms with Crippen LogP contribution in [0.15, 0.2) is 28.8 Å². The predicted octanol–water partition coefficient (Wildman–Crippen LogP) is 3.62. The molecule has 1 atom stereocenters. The van der Waals surface area contributed by atoms with Crippen LogP contribution in [0.4, 0.5) is 0 Å². The summed E-state index contributed by atoms with van der Waals surface area (Å²) in [5.74, 6) is 1.81. The van der Waals surface area contributed by atoms with Gasteiger partial charge in [-0.05, 0) is 57.5 Å². The number of ether oxygens (including phenoxy) is 1. The molecule has 1 aromatic heterocycles. The molecular weight excluding hydrogens is 314 g/mol. The summed E-state index contributed by atoms with van der Waals surface area (Å²) in [4.78, 5) is 2.60. The molecule has 25 heavy (non-hydrogen) atoms. The largest absolute Gasteiger partial charge is 0.497 e. The molecule has 1 N–H and O–H groups in total. The summed E-state index contributed by atoms with van der Waals surface area (Å²) in [7, 11) is 1.71. The molecule has 2 heterocycles. The van der Waals surface area contributed by atoms with Crippen LogP contribution in [0.2, 0.25) is 0 Å². The van der Waals surface area contributed by atoms with E-state index in [1.54, 1.807) is 7.11 Å². The maximum atomic E-state index is 5.30. The monoisotopic (exact) mass is 343 g/mol. The van der Waals surface area contributed by atoms with Gasteiger partial charge in [-0.3, -0.25) is 4.90 Å². The van der Waals surface area contributed by atoms with Crippen molar-refractivity contribution in [2.45, 2.75) is 45.7 Å². The Bertz CT molecular complexity index is 641. The maximum Gasteiger partial charge on any atom is 0.138 e. The average Bonchev–Trinajstić information content (AvgIpc) is 2.98. The highest BCUT2D eigenvalue weighted by Crippen LogP contribution is 2.26. The fourth-order valence-corrected chi connectivity index (χ4v) is 3.60. The zero-order valence-electron chi connectivity index (χ0n) is 15.5. The van der Waals surface area contributed by atoms with Crippen LogP contribution < -0.4 is 10.1 Å². The Labute approximate surface area is 150 Å². The van der Waals surface area contributed by atoms with Gasteiger partial charge in [0.2, 0.25) is 0 Å². The first-order valence-electron chi connectivity index (χ1n) is 9.19. The molecule has 5 nitrogen and oxygen atoms in total. The van der Waals surface area contributed by atoms with Gasteiger partial charge >= 0.3 is 0 Å². The predicted molar refractivity (Wildman–Crippen MR) is 98.8 cm³/mol. The minimum atomic E-state index is 0.381. The van der Waals surface area contributed by atoms with E-state index in [1.807, 2.05) is 13.8 Å². The number of piperidine rings is 1. The van der Waals surface area contributed by atoms with Gasteiger partial charge in [0.15, 0.2) is 0 Å². The Morgan fingerprint density at radius 2 is 1.88 bits per heavy atom. The third kappa shape index (κ3) is 4.41. The van der Waals surface area contributed by atoms with Crippen LogP contribution >= 0.6 is 0 Å². The number of aryl methyl sites for hydroxylation is 2. The molecule has 0 radical (unpaired) electrons. The summed E-state index contributed by atoms with van der Waals surface area (Å²) in [6, 6.07) is 8.87. The van der Waals surface area contributed by atoms with Gasteiger partial charge in [0.1, 0.15) is 11.5 Å². The number of benzene rings is 1. The van der Waals surface area contributed by atoms with E-state index in [0.717, 1.165) is 30.3 Å². The highest BCUT2D eigenvalue weighted by molar-refractivity contribution is 5.29. The van der Waals surface area contributed by atoms with Gasteiger partial charge in [-0.15, -0.1) is 0 Å². The van der Waals surface area contributed by atoms with Crippen LogP contribution in [0.1, 0.15) is 47.9 Å². The molecule has 0 amide bonds. The lowest BCUT2D eigenvalue weighted by molar-refractivity contribution is 0.160. The molecule has 1 fully saturated rings. The van der Waals surface area contributed by atoms with Crippen molar-refractivity contribution in [1.82, 2.24) is 15.4 Å². The Morgan fingerprint density at radius 3 is 2.48 bits per heavy atom. The summed E-state index contributed by atoms with van der Waals surface area (Å²) in [5.41, 5.74) is 3.49. The molecule has 0 saturated carbocycles. The minimum absolute atomic E-state index is 0.381. The van der Waals surface area contributed by atoms with E-state index in [4.69, 9.17) is 9.26 Å². The van der Waals surface area contributed by atoms with Crippen LogP contribution in [0.5, 0.6) is 5.75 Å². The van der Waals surface area contributed by atoms with Crippen LogP contribution in [0, 0.1) is 13.8 Å². The number of hydrogen-bond acceptors (Lipinski definition) is 5. The Kier molecular flexibility index (Phi) is 6.10. The molecule has 1 unspecified atom stereocenters. The second kappa shape index (κ2) is 8.50. The van der Waals surface area contributed by atoms with Crippen LogP contribution in [-0.2, 0) is 6.54 Å². The van der Waals surface area contributed by atoms with Crippen molar-refractivity contribution in [1.29, 1.82) is 0 Å². The third-order valence-corrected chi connectivity index (χ3v) is 5.15. The summed E-state index contributed by atoms with van der Waals surface area (Å²) < 4.78 is 10.6. The lowest BCUT2D eigenvalue weighted by atomic mass is 10.0. The normalized spacial score (nSPS) is 16.8. The first-order valence-corrected chi connectivity index (χ1v) is 9.19. The second-order valence-electron chi connectivity index (χ2n) is 6.82. The smallest absolute Gasteiger partial charge is 0.138 e. The first-order chi connectivity index (χ1) is 12.2. The molecule has 5 heteroatoms. The standard InChI is InChI=1S/C20H29N3O2/c1-15-19(16(2)25-22-15)13-21-14-20(23-11-5-4-6-12-23)17-7-9-18(24-3)10-8-17/h7-10,20-21H,4-6,11-14H2,1-3H3. The van der Waals surface area contributed by atoms with Crippen molar-refractivity contribution in [3.63, 3.8) is 0 Å². The first kappa shape index (κ1) is 18.0. The van der Waals surface area contributed by atoms with Gasteiger partial charge in [0.25, 0.3) is 0 Å². The zero-order chi connectivity index (χ0) is 17.6. The molecular formula is C20H29N3O2. The van der Waals surface area contributed by atoms with E-state index in [1.165, 1.54) is 43.5 Å². The fourth-order valence-electron chi connectivity index (χ4n) is 3.60. The van der Waals surface area contributed by atoms with Crippen molar-refractivity contribution in [2.24, 2.45) is 0 Å². The molecule has 3 rings (SSSR count). The molecule has 0 bridgehead atoms. The van der Waals surface area contributed by atoms with Crippen molar-refractivity contribution in [3.05, 3.63) is 46.8 Å². The highest BCUT2D eigenvalue weighted by atomic mass is 16.5. The molecule has 0 aliphatic carbocycles. The number of nitrogens with zero attached hydrogens (tertiary/aromatic N) is 2. The van der Waals surface area contributed by atoms with Crippen molar-refractivity contribution in [3.8, 4) is 5.75 Å². The van der Waals surface area contributed by atoms with Crippen molar-refractivity contribution < 1.29 is 9.26 Å². The maximum absolute atomic E-state index is 5.30. The summed E-state index contributed by atoms with van der Waals surface area (Å²) in [6.45, 7) is 8.02. The van der Waals surface area contributed by atoms with Gasteiger partial charge in [-0.1, -0.05) is 23.7 Å². The van der Waals surface area contributed by atoms with E-state index in [2.05, 4.69) is 39.6 Å². The lowest BCUT2D eigenvalue weighted by Crippen LogP contribution is -2.39. The Balaban J connectivity index is 1.69. The number of likely N-dealkylation sites (tertiary alicyclic amines) is 1. The summed E-state index contributed by atoms with van der Waals surface area (Å²) >= 11 is 0. The topological polar surface area (TPSA) is 50.5 Å². The number of methoxy groups -OCH3 is 1. The molecule has 1 saturated heterocycles. The molecule has 2 aromatic rings. The fraction of sp³-hybridized carbons (Fsp3) is 0.550.